The van der Waals surface area contributed by atoms with E-state index in [4.69, 9.17) is 5.73 Å². The van der Waals surface area contributed by atoms with Gasteiger partial charge in [-0.25, -0.2) is 8.42 Å². The summed E-state index contributed by atoms with van der Waals surface area (Å²) >= 11 is 0. The van der Waals surface area contributed by atoms with Crippen molar-refractivity contribution in [3.05, 3.63) is 29.8 Å². The Bertz CT molecular complexity index is 517. The molecular formula is C14H22N2O2S. The highest BCUT2D eigenvalue weighted by atomic mass is 32.2. The molecular weight excluding hydrogens is 260 g/mol. The molecule has 0 radical (unpaired) electrons. The van der Waals surface area contributed by atoms with Crippen molar-refractivity contribution < 1.29 is 8.42 Å². The Morgan fingerprint density at radius 2 is 1.74 bits per heavy atom. The van der Waals surface area contributed by atoms with E-state index in [2.05, 4.69) is 0 Å². The Hall–Kier alpha value is -0.910. The minimum Gasteiger partial charge on any atom is -0.324 e. The third-order valence-electron chi connectivity index (χ3n) is 3.92. The molecule has 0 aliphatic heterocycles. The summed E-state index contributed by atoms with van der Waals surface area (Å²) in [5, 5.41) is 0. The predicted octanol–water partition coefficient (Wildman–Crippen LogP) is 2.27. The van der Waals surface area contributed by atoms with Crippen molar-refractivity contribution in [2.75, 3.05) is 7.05 Å². The van der Waals surface area contributed by atoms with Crippen molar-refractivity contribution in [1.29, 1.82) is 0 Å². The second kappa shape index (κ2) is 5.61. The van der Waals surface area contributed by atoms with E-state index in [9.17, 15) is 8.42 Å². The first-order chi connectivity index (χ1) is 8.93. The summed E-state index contributed by atoms with van der Waals surface area (Å²) in [5.74, 6) is 0. The maximum absolute atomic E-state index is 12.5. The minimum absolute atomic E-state index is 0.0793. The molecule has 1 unspecified atom stereocenters. The molecule has 2 rings (SSSR count). The Morgan fingerprint density at radius 1 is 1.21 bits per heavy atom. The number of benzene rings is 1. The fourth-order valence-corrected chi connectivity index (χ4v) is 3.99. The molecule has 0 aromatic heterocycles. The molecule has 0 saturated heterocycles. The maximum atomic E-state index is 12.5. The van der Waals surface area contributed by atoms with Crippen molar-refractivity contribution in [1.82, 2.24) is 4.31 Å². The number of hydrogen-bond acceptors (Lipinski definition) is 3. The van der Waals surface area contributed by atoms with Crippen LogP contribution in [-0.2, 0) is 10.0 Å². The highest BCUT2D eigenvalue weighted by Gasteiger charge is 2.29. The van der Waals surface area contributed by atoms with Gasteiger partial charge in [0.25, 0.3) is 0 Å². The molecule has 2 N–H and O–H groups in total. The van der Waals surface area contributed by atoms with Gasteiger partial charge in [-0.1, -0.05) is 25.0 Å². The zero-order chi connectivity index (χ0) is 14.0. The Labute approximate surface area is 115 Å². The Balaban J connectivity index is 2.23. The van der Waals surface area contributed by atoms with Crippen molar-refractivity contribution in [2.24, 2.45) is 5.73 Å². The molecule has 1 aromatic carbocycles. The zero-order valence-corrected chi connectivity index (χ0v) is 12.4. The molecule has 1 fully saturated rings. The van der Waals surface area contributed by atoms with Crippen molar-refractivity contribution in [3.63, 3.8) is 0 Å². The zero-order valence-electron chi connectivity index (χ0n) is 11.5. The second-order valence-corrected chi connectivity index (χ2v) is 7.31. The summed E-state index contributed by atoms with van der Waals surface area (Å²) in [6.45, 7) is 1.88. The number of sulfonamides is 1. The van der Waals surface area contributed by atoms with Gasteiger partial charge in [-0.05, 0) is 37.5 Å². The van der Waals surface area contributed by atoms with Gasteiger partial charge in [0.2, 0.25) is 10.0 Å². The maximum Gasteiger partial charge on any atom is 0.243 e. The van der Waals surface area contributed by atoms with E-state index in [1.807, 2.05) is 6.92 Å². The van der Waals surface area contributed by atoms with Gasteiger partial charge in [-0.15, -0.1) is 0 Å². The lowest BCUT2D eigenvalue weighted by molar-refractivity contribution is 0.373. The molecule has 1 aliphatic carbocycles. The van der Waals surface area contributed by atoms with Gasteiger partial charge in [0.05, 0.1) is 4.90 Å². The fourth-order valence-electron chi connectivity index (χ4n) is 2.57. The number of hydrogen-bond donors (Lipinski definition) is 1. The monoisotopic (exact) mass is 282 g/mol. The van der Waals surface area contributed by atoms with Crippen molar-refractivity contribution in [2.45, 2.75) is 49.6 Å². The first-order valence-corrected chi connectivity index (χ1v) is 8.20. The lowest BCUT2D eigenvalue weighted by atomic mass is 10.1. The van der Waals surface area contributed by atoms with E-state index < -0.39 is 10.0 Å². The molecule has 106 valence electrons. The summed E-state index contributed by atoms with van der Waals surface area (Å²) in [7, 11) is -1.69. The van der Waals surface area contributed by atoms with Gasteiger partial charge < -0.3 is 5.73 Å². The van der Waals surface area contributed by atoms with Crippen LogP contribution in [0, 0.1) is 0 Å². The molecule has 4 nitrogen and oxygen atoms in total. The summed E-state index contributed by atoms with van der Waals surface area (Å²) < 4.78 is 26.5. The standard InChI is InChI=1S/C14H22N2O2S/c1-11(15)12-7-9-14(10-8-12)19(17,18)16(2)13-5-3-4-6-13/h7-11,13H,3-6,15H2,1-2H3. The Morgan fingerprint density at radius 3 is 2.21 bits per heavy atom. The van der Waals surface area contributed by atoms with Crippen LogP contribution in [0.1, 0.15) is 44.2 Å². The van der Waals surface area contributed by atoms with E-state index in [0.717, 1.165) is 31.2 Å². The van der Waals surface area contributed by atoms with E-state index in [0.29, 0.717) is 4.90 Å². The normalized spacial score (nSPS) is 18.9. The topological polar surface area (TPSA) is 63.4 Å². The Kier molecular flexibility index (Phi) is 4.28. The van der Waals surface area contributed by atoms with Crippen LogP contribution in [0.2, 0.25) is 0 Å². The van der Waals surface area contributed by atoms with Crippen LogP contribution >= 0.6 is 0 Å². The highest BCUT2D eigenvalue weighted by Crippen LogP contribution is 2.27. The lowest BCUT2D eigenvalue weighted by Crippen LogP contribution is -2.35. The van der Waals surface area contributed by atoms with Gasteiger partial charge in [-0.2, -0.15) is 4.31 Å². The number of nitrogens with zero attached hydrogens (tertiary/aromatic N) is 1. The smallest absolute Gasteiger partial charge is 0.243 e. The van der Waals surface area contributed by atoms with Gasteiger partial charge in [0, 0.05) is 19.1 Å². The van der Waals surface area contributed by atoms with Crippen LogP contribution in [0.3, 0.4) is 0 Å². The predicted molar refractivity (Wildman–Crippen MR) is 76.2 cm³/mol. The third-order valence-corrected chi connectivity index (χ3v) is 5.85. The fraction of sp³-hybridized carbons (Fsp3) is 0.571. The van der Waals surface area contributed by atoms with Crippen LogP contribution in [0.5, 0.6) is 0 Å². The van der Waals surface area contributed by atoms with Gasteiger partial charge in [-0.3, -0.25) is 0 Å². The van der Waals surface area contributed by atoms with Crippen LogP contribution in [0.4, 0.5) is 0 Å². The van der Waals surface area contributed by atoms with E-state index in [-0.39, 0.29) is 12.1 Å². The summed E-state index contributed by atoms with van der Waals surface area (Å²) in [6.07, 6.45) is 4.17. The molecule has 0 spiro atoms. The molecule has 1 atom stereocenters. The summed E-state index contributed by atoms with van der Waals surface area (Å²) in [6, 6.07) is 6.96. The first kappa shape index (κ1) is 14.5. The average Bonchev–Trinajstić information content (AvgIpc) is 2.91. The molecule has 1 aliphatic rings. The molecule has 5 heteroatoms. The molecule has 1 saturated carbocycles. The van der Waals surface area contributed by atoms with Crippen LogP contribution in [-0.4, -0.2) is 25.8 Å². The van der Waals surface area contributed by atoms with Gasteiger partial charge in [0.15, 0.2) is 0 Å². The first-order valence-electron chi connectivity index (χ1n) is 6.76. The van der Waals surface area contributed by atoms with E-state index >= 15 is 0 Å². The summed E-state index contributed by atoms with van der Waals surface area (Å²) in [5.41, 5.74) is 6.72. The molecule has 0 bridgehead atoms. The van der Waals surface area contributed by atoms with E-state index in [1.165, 1.54) is 4.31 Å². The minimum atomic E-state index is -3.37. The molecule has 19 heavy (non-hydrogen) atoms. The number of nitrogens with two attached hydrogens (primary N) is 1. The SMILES string of the molecule is CC(N)c1ccc(S(=O)(=O)N(C)C2CCCC2)cc1. The molecule has 0 heterocycles. The lowest BCUT2D eigenvalue weighted by Gasteiger charge is -2.23. The second-order valence-electron chi connectivity index (χ2n) is 5.32. The molecule has 0 amide bonds. The number of rotatable bonds is 4. The van der Waals surface area contributed by atoms with Gasteiger partial charge in [0.1, 0.15) is 0 Å². The van der Waals surface area contributed by atoms with E-state index in [1.54, 1.807) is 31.3 Å². The average molecular weight is 282 g/mol. The van der Waals surface area contributed by atoms with Crippen LogP contribution in [0.15, 0.2) is 29.2 Å². The molecule has 1 aromatic rings. The van der Waals surface area contributed by atoms with Crippen LogP contribution in [0.25, 0.3) is 0 Å². The van der Waals surface area contributed by atoms with Crippen molar-refractivity contribution in [3.8, 4) is 0 Å². The largest absolute Gasteiger partial charge is 0.324 e. The highest BCUT2D eigenvalue weighted by molar-refractivity contribution is 7.89. The quantitative estimate of drug-likeness (QED) is 0.921. The van der Waals surface area contributed by atoms with Crippen LogP contribution < -0.4 is 5.73 Å². The van der Waals surface area contributed by atoms with Crippen molar-refractivity contribution >= 4 is 10.0 Å². The third kappa shape index (κ3) is 2.99. The summed E-state index contributed by atoms with van der Waals surface area (Å²) in [4.78, 5) is 0.353. The van der Waals surface area contributed by atoms with Gasteiger partial charge >= 0.3 is 0 Å².